The first-order valence-corrected chi connectivity index (χ1v) is 11.0. The summed E-state index contributed by atoms with van der Waals surface area (Å²) in [6.45, 7) is 6.25. The van der Waals surface area contributed by atoms with Crippen LogP contribution in [0.25, 0.3) is 0 Å². The van der Waals surface area contributed by atoms with Crippen LogP contribution in [0.5, 0.6) is 0 Å². The minimum Gasteiger partial charge on any atom is -0.462 e. The first-order chi connectivity index (χ1) is 14.1. The Balaban J connectivity index is 1.61. The fourth-order valence-corrected chi connectivity index (χ4v) is 5.87. The van der Waals surface area contributed by atoms with Gasteiger partial charge in [-0.05, 0) is 50.5 Å². The number of hydrogen-bond acceptors (Lipinski definition) is 8. The van der Waals surface area contributed by atoms with Gasteiger partial charge < -0.3 is 35.2 Å². The average molecular weight is 428 g/mol. The van der Waals surface area contributed by atoms with Crippen LogP contribution >= 0.6 is 0 Å². The molecule has 1 heterocycles. The van der Waals surface area contributed by atoms with E-state index in [9.17, 15) is 25.2 Å². The third-order valence-corrected chi connectivity index (χ3v) is 7.65. The Kier molecular flexibility index (Phi) is 7.26. The van der Waals surface area contributed by atoms with Crippen molar-refractivity contribution in [2.45, 2.75) is 69.5 Å². The molecule has 5 N–H and O–H groups in total. The monoisotopic (exact) mass is 427 g/mol. The van der Waals surface area contributed by atoms with E-state index in [0.29, 0.717) is 12.5 Å². The first-order valence-electron chi connectivity index (χ1n) is 11.0. The van der Waals surface area contributed by atoms with Crippen molar-refractivity contribution in [3.8, 4) is 0 Å². The zero-order valence-corrected chi connectivity index (χ0v) is 18.0. The van der Waals surface area contributed by atoms with Crippen LogP contribution in [0.1, 0.15) is 39.0 Å². The molecule has 0 aromatic carbocycles. The van der Waals surface area contributed by atoms with Crippen molar-refractivity contribution >= 4 is 5.97 Å². The lowest BCUT2D eigenvalue weighted by Gasteiger charge is -2.50. The maximum absolute atomic E-state index is 12.6. The van der Waals surface area contributed by atoms with Crippen LogP contribution < -0.4 is 0 Å². The highest BCUT2D eigenvalue weighted by atomic mass is 16.6. The Morgan fingerprint density at radius 2 is 1.90 bits per heavy atom. The molecule has 0 radical (unpaired) electrons. The summed E-state index contributed by atoms with van der Waals surface area (Å²) < 4.78 is 5.76. The van der Waals surface area contributed by atoms with Crippen molar-refractivity contribution in [3.05, 3.63) is 12.2 Å². The number of likely N-dealkylation sites (N-methyl/N-ethyl adjacent to an activating group) is 1. The van der Waals surface area contributed by atoms with E-state index in [2.05, 4.69) is 13.5 Å². The highest BCUT2D eigenvalue weighted by Gasteiger charge is 2.55. The van der Waals surface area contributed by atoms with Crippen molar-refractivity contribution in [3.63, 3.8) is 0 Å². The lowest BCUT2D eigenvalue weighted by atomic mass is 9.55. The third-order valence-electron chi connectivity index (χ3n) is 7.65. The molecule has 5 unspecified atom stereocenters. The summed E-state index contributed by atoms with van der Waals surface area (Å²) in [4.78, 5) is 14.4. The van der Waals surface area contributed by atoms with E-state index in [0.717, 1.165) is 32.1 Å². The van der Waals surface area contributed by atoms with E-state index in [1.807, 2.05) is 0 Å². The molecular weight excluding hydrogens is 390 g/mol. The quantitative estimate of drug-likeness (QED) is 0.263. The smallest absolute Gasteiger partial charge is 0.310 e. The molecule has 0 spiro atoms. The molecule has 8 heteroatoms. The summed E-state index contributed by atoms with van der Waals surface area (Å²) in [7, 11) is 1.73. The molecule has 0 amide bonds. The Morgan fingerprint density at radius 1 is 1.23 bits per heavy atom. The van der Waals surface area contributed by atoms with E-state index in [4.69, 9.17) is 9.84 Å². The second-order valence-corrected chi connectivity index (χ2v) is 9.92. The number of aliphatic hydroxyl groups is 5. The van der Waals surface area contributed by atoms with Crippen molar-refractivity contribution in [1.82, 2.24) is 4.90 Å². The largest absolute Gasteiger partial charge is 0.462 e. The first kappa shape index (κ1) is 23.6. The number of esters is 1. The minimum absolute atomic E-state index is 0.00535. The lowest BCUT2D eigenvalue weighted by molar-refractivity contribution is -0.146. The van der Waals surface area contributed by atoms with Gasteiger partial charge in [-0.3, -0.25) is 4.79 Å². The Hall–Kier alpha value is -1.03. The second-order valence-electron chi connectivity index (χ2n) is 9.92. The molecule has 1 aliphatic heterocycles. The van der Waals surface area contributed by atoms with E-state index >= 15 is 0 Å². The molecule has 0 aromatic rings. The summed E-state index contributed by atoms with van der Waals surface area (Å²) in [5.41, 5.74) is 1.42. The molecule has 3 rings (SSSR count). The number of nitrogens with zero attached hydrogens (tertiary/aromatic N) is 1. The number of rotatable bonds is 8. The average Bonchev–Trinajstić information content (AvgIpc) is 2.98. The van der Waals surface area contributed by atoms with E-state index in [1.54, 1.807) is 11.9 Å². The van der Waals surface area contributed by atoms with Crippen molar-refractivity contribution in [2.75, 3.05) is 26.7 Å². The van der Waals surface area contributed by atoms with Gasteiger partial charge in [0.15, 0.2) is 0 Å². The normalized spacial score (nSPS) is 37.9. The maximum Gasteiger partial charge on any atom is 0.310 e. The van der Waals surface area contributed by atoms with Crippen molar-refractivity contribution in [2.24, 2.45) is 23.2 Å². The standard InChI is InChI=1S/C22H37NO7/c1-12-5-4-6-22(2)8-18-13(7-15(12)22)14(21(29)30-18)9-23(3)10-16(25)19(27)20(28)17(26)11-24/h13-20,24-28H,1,4-11H2,2-3H3/t13-,14?,15+,16?,17?,18-,19?,20?,22-/m1/s1. The fourth-order valence-electron chi connectivity index (χ4n) is 5.87. The summed E-state index contributed by atoms with van der Waals surface area (Å²) in [6, 6.07) is 0. The highest BCUT2D eigenvalue weighted by molar-refractivity contribution is 5.75. The fraction of sp³-hybridized carbons (Fsp3) is 0.864. The van der Waals surface area contributed by atoms with Gasteiger partial charge in [-0.2, -0.15) is 0 Å². The van der Waals surface area contributed by atoms with Gasteiger partial charge in [-0.1, -0.05) is 19.1 Å². The molecule has 3 aliphatic rings. The summed E-state index contributed by atoms with van der Waals surface area (Å²) in [6.07, 6.45) is -1.17. The number of allylic oxidation sites excluding steroid dienone is 1. The van der Waals surface area contributed by atoms with Crippen LogP contribution in [0.3, 0.4) is 0 Å². The van der Waals surface area contributed by atoms with Crippen LogP contribution in [0.2, 0.25) is 0 Å². The van der Waals surface area contributed by atoms with E-state index in [1.165, 1.54) is 5.57 Å². The zero-order chi connectivity index (χ0) is 22.2. The van der Waals surface area contributed by atoms with Crippen molar-refractivity contribution in [1.29, 1.82) is 0 Å². The molecule has 2 saturated carbocycles. The number of carbonyl (C=O) groups is 1. The van der Waals surface area contributed by atoms with E-state index in [-0.39, 0.29) is 35.9 Å². The van der Waals surface area contributed by atoms with Gasteiger partial charge in [0.2, 0.25) is 0 Å². The molecule has 8 nitrogen and oxygen atoms in total. The molecule has 2 aliphatic carbocycles. The van der Waals surface area contributed by atoms with Crippen LogP contribution in [-0.2, 0) is 9.53 Å². The van der Waals surface area contributed by atoms with Crippen LogP contribution in [0.4, 0.5) is 0 Å². The topological polar surface area (TPSA) is 131 Å². The second kappa shape index (κ2) is 9.22. The molecule has 3 fully saturated rings. The third kappa shape index (κ3) is 4.59. The van der Waals surface area contributed by atoms with Gasteiger partial charge in [0.25, 0.3) is 0 Å². The number of aliphatic hydroxyl groups excluding tert-OH is 5. The number of carbonyl (C=O) groups excluding carboxylic acids is 1. The molecule has 0 aromatic heterocycles. The van der Waals surface area contributed by atoms with Crippen LogP contribution in [0.15, 0.2) is 12.2 Å². The molecule has 0 bridgehead atoms. The van der Waals surface area contributed by atoms with Gasteiger partial charge in [-0.15, -0.1) is 0 Å². The predicted octanol–water partition coefficient (Wildman–Crippen LogP) is -0.332. The van der Waals surface area contributed by atoms with Crippen molar-refractivity contribution < 1.29 is 35.1 Å². The highest BCUT2D eigenvalue weighted by Crippen LogP contribution is 2.56. The Morgan fingerprint density at radius 3 is 2.57 bits per heavy atom. The summed E-state index contributed by atoms with van der Waals surface area (Å²) >= 11 is 0. The van der Waals surface area contributed by atoms with Gasteiger partial charge >= 0.3 is 5.97 Å². The Bertz CT molecular complexity index is 643. The SMILES string of the molecule is C=C1CCC[C@]2(C)C[C@H]3OC(=O)C(CN(C)CC(O)C(O)C(O)C(O)CO)[C@H]3C[C@@H]12. The summed E-state index contributed by atoms with van der Waals surface area (Å²) in [5.74, 6) is -0.0128. The maximum atomic E-state index is 12.6. The molecule has 9 atom stereocenters. The van der Waals surface area contributed by atoms with Crippen LogP contribution in [-0.4, -0.2) is 93.7 Å². The number of fused-ring (bicyclic) bond motifs is 2. The molecule has 1 saturated heterocycles. The van der Waals surface area contributed by atoms with E-state index < -0.39 is 31.0 Å². The predicted molar refractivity (Wildman–Crippen MR) is 109 cm³/mol. The molecule has 30 heavy (non-hydrogen) atoms. The number of hydrogen-bond donors (Lipinski definition) is 5. The lowest BCUT2D eigenvalue weighted by Crippen LogP contribution is -2.50. The van der Waals surface area contributed by atoms with Crippen LogP contribution in [0, 0.1) is 23.2 Å². The van der Waals surface area contributed by atoms with Gasteiger partial charge in [-0.25, -0.2) is 0 Å². The van der Waals surface area contributed by atoms with Gasteiger partial charge in [0.1, 0.15) is 24.4 Å². The Labute approximate surface area is 178 Å². The van der Waals surface area contributed by atoms with Gasteiger partial charge in [0.05, 0.1) is 18.6 Å². The van der Waals surface area contributed by atoms with Gasteiger partial charge in [0, 0.05) is 19.0 Å². The zero-order valence-electron chi connectivity index (χ0n) is 18.0. The number of ether oxygens (including phenoxy) is 1. The summed E-state index contributed by atoms with van der Waals surface area (Å²) in [5, 5.41) is 48.4. The minimum atomic E-state index is -1.66. The molecule has 172 valence electrons. The molecular formula is C22H37NO7.